The Hall–Kier alpha value is -1.81. The van der Waals surface area contributed by atoms with Crippen LogP contribution in [0.1, 0.15) is 0 Å². The first-order valence-corrected chi connectivity index (χ1v) is 4.70. The van der Waals surface area contributed by atoms with Gasteiger partial charge in [0.15, 0.2) is 5.82 Å². The first-order chi connectivity index (χ1) is 7.24. The molecule has 4 nitrogen and oxygen atoms in total. The third kappa shape index (κ3) is 2.57. The molecule has 1 aromatic carbocycles. The average Bonchev–Trinajstić information content (AvgIpc) is 2.25. The van der Waals surface area contributed by atoms with Gasteiger partial charge in [0.25, 0.3) is 5.56 Å². The fourth-order valence-electron chi connectivity index (χ4n) is 1.10. The molecule has 0 bridgehead atoms. The van der Waals surface area contributed by atoms with E-state index in [-0.39, 0.29) is 5.56 Å². The number of halogens is 1. The van der Waals surface area contributed by atoms with Crippen molar-refractivity contribution in [2.24, 2.45) is 0 Å². The van der Waals surface area contributed by atoms with Crippen molar-refractivity contribution in [1.29, 1.82) is 0 Å². The summed E-state index contributed by atoms with van der Waals surface area (Å²) in [7, 11) is 0. The number of H-pyrrole nitrogens is 1. The highest BCUT2D eigenvalue weighted by Crippen LogP contribution is 2.16. The zero-order valence-corrected chi connectivity index (χ0v) is 8.45. The van der Waals surface area contributed by atoms with Crippen molar-refractivity contribution in [2.45, 2.75) is 0 Å². The van der Waals surface area contributed by atoms with Crippen LogP contribution in [-0.2, 0) is 0 Å². The molecule has 2 rings (SSSR count). The summed E-state index contributed by atoms with van der Waals surface area (Å²) in [5.74, 6) is 0.580. The van der Waals surface area contributed by atoms with E-state index in [1.54, 1.807) is 18.2 Å². The molecule has 2 N–H and O–H groups in total. The molecule has 76 valence electrons. The van der Waals surface area contributed by atoms with E-state index in [0.29, 0.717) is 10.8 Å². The van der Waals surface area contributed by atoms with Gasteiger partial charge in [-0.25, -0.2) is 5.10 Å². The lowest BCUT2D eigenvalue weighted by Gasteiger charge is -2.03. The van der Waals surface area contributed by atoms with Crippen molar-refractivity contribution in [3.05, 3.63) is 51.8 Å². The summed E-state index contributed by atoms with van der Waals surface area (Å²) < 4.78 is 0. The number of aromatic amines is 1. The number of benzene rings is 1. The molecule has 0 atom stereocenters. The van der Waals surface area contributed by atoms with Crippen molar-refractivity contribution in [1.82, 2.24) is 10.2 Å². The van der Waals surface area contributed by atoms with Crippen molar-refractivity contribution in [3.63, 3.8) is 0 Å². The molecule has 0 aliphatic carbocycles. The molecule has 5 heteroatoms. The fraction of sp³-hybridized carbons (Fsp3) is 0. The highest BCUT2D eigenvalue weighted by atomic mass is 35.5. The number of anilines is 2. The molecule has 15 heavy (non-hydrogen) atoms. The number of aromatic nitrogens is 2. The summed E-state index contributed by atoms with van der Waals surface area (Å²) >= 11 is 5.74. The van der Waals surface area contributed by atoms with Crippen LogP contribution in [-0.4, -0.2) is 10.2 Å². The Morgan fingerprint density at radius 2 is 1.87 bits per heavy atom. The number of nitrogens with one attached hydrogen (secondary N) is 2. The molecule has 0 spiro atoms. The number of nitrogens with zero attached hydrogens (tertiary/aromatic N) is 1. The largest absolute Gasteiger partial charge is 0.339 e. The van der Waals surface area contributed by atoms with E-state index in [4.69, 9.17) is 11.6 Å². The van der Waals surface area contributed by atoms with E-state index < -0.39 is 0 Å². The maximum Gasteiger partial charge on any atom is 0.264 e. The Labute approximate surface area is 90.9 Å². The van der Waals surface area contributed by atoms with E-state index in [1.807, 2.05) is 12.1 Å². The number of rotatable bonds is 2. The second kappa shape index (κ2) is 4.14. The van der Waals surface area contributed by atoms with Gasteiger partial charge in [-0.15, -0.1) is 0 Å². The molecular formula is C10H8ClN3O. The van der Waals surface area contributed by atoms with Gasteiger partial charge in [0.2, 0.25) is 0 Å². The van der Waals surface area contributed by atoms with Gasteiger partial charge in [0, 0.05) is 16.8 Å². The number of hydrogen-bond acceptors (Lipinski definition) is 3. The monoisotopic (exact) mass is 221 g/mol. The van der Waals surface area contributed by atoms with Crippen LogP contribution < -0.4 is 10.9 Å². The van der Waals surface area contributed by atoms with Gasteiger partial charge in [-0.3, -0.25) is 4.79 Å². The SMILES string of the molecule is O=c1ccc(Nc2ccc(Cl)cc2)n[nH]1. The molecule has 0 aliphatic rings. The van der Waals surface area contributed by atoms with E-state index in [0.717, 1.165) is 5.69 Å². The maximum atomic E-state index is 10.8. The second-order valence-corrected chi connectivity index (χ2v) is 3.37. The normalized spacial score (nSPS) is 9.93. The molecule has 0 amide bonds. The van der Waals surface area contributed by atoms with Crippen LogP contribution in [0, 0.1) is 0 Å². The molecule has 0 radical (unpaired) electrons. The van der Waals surface area contributed by atoms with Gasteiger partial charge in [0.1, 0.15) is 0 Å². The molecule has 0 aliphatic heterocycles. The second-order valence-electron chi connectivity index (χ2n) is 2.94. The number of hydrogen-bond donors (Lipinski definition) is 2. The quantitative estimate of drug-likeness (QED) is 0.817. The molecule has 1 aromatic heterocycles. The van der Waals surface area contributed by atoms with Crippen molar-refractivity contribution >= 4 is 23.1 Å². The van der Waals surface area contributed by atoms with Gasteiger partial charge in [0.05, 0.1) is 0 Å². The maximum absolute atomic E-state index is 10.8. The zero-order chi connectivity index (χ0) is 10.7. The van der Waals surface area contributed by atoms with E-state index in [9.17, 15) is 4.79 Å². The first-order valence-electron chi connectivity index (χ1n) is 4.32. The van der Waals surface area contributed by atoms with Gasteiger partial charge >= 0.3 is 0 Å². The minimum atomic E-state index is -0.225. The minimum absolute atomic E-state index is 0.225. The predicted molar refractivity (Wildman–Crippen MR) is 59.6 cm³/mol. The Bertz CT molecular complexity index is 486. The van der Waals surface area contributed by atoms with Crippen molar-refractivity contribution < 1.29 is 0 Å². The van der Waals surface area contributed by atoms with E-state index >= 15 is 0 Å². The average molecular weight is 222 g/mol. The van der Waals surface area contributed by atoms with Crippen LogP contribution in [0.4, 0.5) is 11.5 Å². The van der Waals surface area contributed by atoms with Gasteiger partial charge in [-0.05, 0) is 30.3 Å². The van der Waals surface area contributed by atoms with Crippen LogP contribution in [0.2, 0.25) is 5.02 Å². The zero-order valence-electron chi connectivity index (χ0n) is 7.70. The first kappa shape index (κ1) is 9.73. The highest BCUT2D eigenvalue weighted by Gasteiger charge is 1.95. The lowest BCUT2D eigenvalue weighted by Crippen LogP contribution is -2.06. The third-order valence-electron chi connectivity index (χ3n) is 1.80. The molecule has 0 fully saturated rings. The van der Waals surface area contributed by atoms with Gasteiger partial charge in [-0.2, -0.15) is 5.10 Å². The third-order valence-corrected chi connectivity index (χ3v) is 2.05. The summed E-state index contributed by atoms with van der Waals surface area (Å²) in [5, 5.41) is 9.85. The molecule has 2 aromatic rings. The molecular weight excluding hydrogens is 214 g/mol. The minimum Gasteiger partial charge on any atom is -0.339 e. The van der Waals surface area contributed by atoms with Crippen LogP contribution in [0.25, 0.3) is 0 Å². The van der Waals surface area contributed by atoms with Gasteiger partial charge in [-0.1, -0.05) is 11.6 Å². The lowest BCUT2D eigenvalue weighted by atomic mass is 10.3. The Morgan fingerprint density at radius 1 is 1.13 bits per heavy atom. The summed E-state index contributed by atoms with van der Waals surface area (Å²) in [6, 6.07) is 10.2. The summed E-state index contributed by atoms with van der Waals surface area (Å²) in [4.78, 5) is 10.8. The smallest absolute Gasteiger partial charge is 0.264 e. The van der Waals surface area contributed by atoms with Crippen molar-refractivity contribution in [3.8, 4) is 0 Å². The Balaban J connectivity index is 2.18. The molecule has 0 saturated carbocycles. The topological polar surface area (TPSA) is 57.8 Å². The van der Waals surface area contributed by atoms with Crippen LogP contribution in [0.5, 0.6) is 0 Å². The summed E-state index contributed by atoms with van der Waals surface area (Å²) in [6.45, 7) is 0. The van der Waals surface area contributed by atoms with Crippen LogP contribution in [0.3, 0.4) is 0 Å². The van der Waals surface area contributed by atoms with E-state index in [2.05, 4.69) is 15.5 Å². The van der Waals surface area contributed by atoms with Crippen molar-refractivity contribution in [2.75, 3.05) is 5.32 Å². The standard InChI is InChI=1S/C10H8ClN3O/c11-7-1-3-8(4-2-7)12-9-5-6-10(15)14-13-9/h1-6H,(H,12,13)(H,14,15). The fourth-order valence-corrected chi connectivity index (χ4v) is 1.22. The highest BCUT2D eigenvalue weighted by molar-refractivity contribution is 6.30. The Kier molecular flexibility index (Phi) is 2.69. The molecule has 0 saturated heterocycles. The van der Waals surface area contributed by atoms with Crippen LogP contribution in [0.15, 0.2) is 41.2 Å². The lowest BCUT2D eigenvalue weighted by molar-refractivity contribution is 0.994. The molecule has 1 heterocycles. The Morgan fingerprint density at radius 3 is 2.47 bits per heavy atom. The van der Waals surface area contributed by atoms with E-state index in [1.165, 1.54) is 6.07 Å². The predicted octanol–water partition coefficient (Wildman–Crippen LogP) is 2.17. The molecule has 0 unspecified atom stereocenters. The summed E-state index contributed by atoms with van der Waals surface area (Å²) in [5.41, 5.74) is 0.635. The summed E-state index contributed by atoms with van der Waals surface area (Å²) in [6.07, 6.45) is 0. The van der Waals surface area contributed by atoms with Crippen LogP contribution >= 0.6 is 11.6 Å². The van der Waals surface area contributed by atoms with Gasteiger partial charge < -0.3 is 5.32 Å².